The number of hydrogen-bond donors (Lipinski definition) is 0. The zero-order valence-electron chi connectivity index (χ0n) is 23.3. The van der Waals surface area contributed by atoms with E-state index < -0.39 is 16.1 Å². The van der Waals surface area contributed by atoms with Crippen molar-refractivity contribution in [1.82, 2.24) is 14.4 Å². The molecule has 4 aromatic carbocycles. The SMILES string of the molecule is CN(C)c1cccc2c(S(=O)(=O)N3C[C@H](c4ccccc4)C[C@H]3c3nc(CCCc4ccccc4)no3)cccc12. The molecular weight excluding hydrogens is 532 g/mol. The molecule has 7 nitrogen and oxygen atoms in total. The van der Waals surface area contributed by atoms with Crippen LogP contribution < -0.4 is 4.90 Å². The summed E-state index contributed by atoms with van der Waals surface area (Å²) in [5, 5.41) is 5.84. The van der Waals surface area contributed by atoms with Gasteiger partial charge >= 0.3 is 0 Å². The van der Waals surface area contributed by atoms with Crippen LogP contribution in [0.2, 0.25) is 0 Å². The van der Waals surface area contributed by atoms with Crippen LogP contribution in [0.25, 0.3) is 10.8 Å². The molecule has 0 saturated carbocycles. The highest BCUT2D eigenvalue weighted by Crippen LogP contribution is 2.44. The smallest absolute Gasteiger partial charge is 0.245 e. The largest absolute Gasteiger partial charge is 0.377 e. The van der Waals surface area contributed by atoms with Crippen LogP contribution >= 0.6 is 0 Å². The zero-order chi connectivity index (χ0) is 28.4. The van der Waals surface area contributed by atoms with E-state index in [1.807, 2.05) is 85.7 Å². The van der Waals surface area contributed by atoms with Crippen molar-refractivity contribution in [2.75, 3.05) is 25.5 Å². The van der Waals surface area contributed by atoms with Gasteiger partial charge in [-0.05, 0) is 48.4 Å². The van der Waals surface area contributed by atoms with E-state index >= 15 is 0 Å². The molecule has 2 heterocycles. The second-order valence-electron chi connectivity index (χ2n) is 10.8. The van der Waals surface area contributed by atoms with Gasteiger partial charge in [0.15, 0.2) is 5.82 Å². The van der Waals surface area contributed by atoms with Gasteiger partial charge in [0, 0.05) is 43.5 Å². The molecule has 1 aliphatic heterocycles. The predicted octanol–water partition coefficient (Wildman–Crippen LogP) is 6.38. The van der Waals surface area contributed by atoms with Gasteiger partial charge in [-0.15, -0.1) is 0 Å². The summed E-state index contributed by atoms with van der Waals surface area (Å²) in [4.78, 5) is 7.01. The Morgan fingerprint density at radius 1 is 0.854 bits per heavy atom. The third-order valence-corrected chi connectivity index (χ3v) is 9.86. The summed E-state index contributed by atoms with van der Waals surface area (Å²) in [7, 11) is 0.0218. The fourth-order valence-corrected chi connectivity index (χ4v) is 7.71. The summed E-state index contributed by atoms with van der Waals surface area (Å²) in [6, 6.07) is 31.1. The van der Waals surface area contributed by atoms with Crippen molar-refractivity contribution >= 4 is 26.5 Å². The first kappa shape index (κ1) is 27.2. The second-order valence-corrected chi connectivity index (χ2v) is 12.7. The molecule has 210 valence electrons. The monoisotopic (exact) mass is 566 g/mol. The molecule has 0 aliphatic carbocycles. The number of nitrogens with zero attached hydrogens (tertiary/aromatic N) is 4. The van der Waals surface area contributed by atoms with Gasteiger partial charge < -0.3 is 9.42 Å². The Balaban J connectivity index is 1.33. The average molecular weight is 567 g/mol. The molecule has 2 atom stereocenters. The van der Waals surface area contributed by atoms with Gasteiger partial charge in [-0.1, -0.05) is 90.1 Å². The molecule has 1 aliphatic rings. The molecule has 0 bridgehead atoms. The van der Waals surface area contributed by atoms with Crippen molar-refractivity contribution in [2.24, 2.45) is 0 Å². The summed E-state index contributed by atoms with van der Waals surface area (Å²) in [6.45, 7) is 0.340. The van der Waals surface area contributed by atoms with Crippen molar-refractivity contribution in [3.05, 3.63) is 120 Å². The van der Waals surface area contributed by atoms with Gasteiger partial charge in [0.25, 0.3) is 0 Å². The minimum atomic E-state index is -3.90. The maximum Gasteiger partial charge on any atom is 0.245 e. The van der Waals surface area contributed by atoms with E-state index in [1.165, 1.54) is 5.56 Å². The highest BCUT2D eigenvalue weighted by molar-refractivity contribution is 7.89. The number of aromatic nitrogens is 2. The number of benzene rings is 4. The Hall–Kier alpha value is -4.01. The number of hydrogen-bond acceptors (Lipinski definition) is 6. The van der Waals surface area contributed by atoms with E-state index in [9.17, 15) is 8.42 Å². The Morgan fingerprint density at radius 2 is 1.56 bits per heavy atom. The van der Waals surface area contributed by atoms with Crippen molar-refractivity contribution in [1.29, 1.82) is 0 Å². The van der Waals surface area contributed by atoms with E-state index in [1.54, 1.807) is 10.4 Å². The number of anilines is 1. The first-order valence-corrected chi connectivity index (χ1v) is 15.5. The third kappa shape index (κ3) is 5.49. The standard InChI is InChI=1S/C33H34N4O3S/c1-36(2)29-19-10-18-28-27(29)17-11-20-31(28)41(38,39)37-23-26(25-15-7-4-8-16-25)22-30(37)33-34-32(35-40-33)21-9-14-24-12-5-3-6-13-24/h3-8,10-13,15-20,26,30H,9,14,21-23H2,1-2H3/t26-,30+/m1/s1. The number of aryl methyl sites for hydroxylation is 2. The highest BCUT2D eigenvalue weighted by Gasteiger charge is 2.44. The van der Waals surface area contributed by atoms with Crippen LogP contribution in [0.3, 0.4) is 0 Å². The van der Waals surface area contributed by atoms with Gasteiger partial charge in [-0.25, -0.2) is 8.42 Å². The average Bonchev–Trinajstić information content (AvgIpc) is 3.66. The molecule has 1 aromatic heterocycles. The van der Waals surface area contributed by atoms with Crippen LogP contribution in [-0.2, 0) is 22.9 Å². The molecule has 0 radical (unpaired) electrons. The van der Waals surface area contributed by atoms with Crippen LogP contribution in [-0.4, -0.2) is 43.5 Å². The molecule has 1 saturated heterocycles. The van der Waals surface area contributed by atoms with Crippen molar-refractivity contribution in [3.8, 4) is 0 Å². The molecule has 0 spiro atoms. The topological polar surface area (TPSA) is 79.5 Å². The third-order valence-electron chi connectivity index (χ3n) is 7.93. The Bertz CT molecular complexity index is 1740. The fraction of sp³-hybridized carbons (Fsp3) is 0.273. The number of sulfonamides is 1. The molecule has 0 unspecified atom stereocenters. The lowest BCUT2D eigenvalue weighted by molar-refractivity contribution is 0.289. The number of rotatable bonds is 9. The second kappa shape index (κ2) is 11.5. The van der Waals surface area contributed by atoms with Crippen LogP contribution in [0.1, 0.15) is 47.6 Å². The zero-order valence-corrected chi connectivity index (χ0v) is 24.2. The molecule has 0 amide bonds. The lowest BCUT2D eigenvalue weighted by atomic mass is 9.96. The summed E-state index contributed by atoms with van der Waals surface area (Å²) >= 11 is 0. The van der Waals surface area contributed by atoms with Gasteiger partial charge in [-0.3, -0.25) is 0 Å². The molecule has 1 fully saturated rings. The van der Waals surface area contributed by atoms with Crippen molar-refractivity contribution in [3.63, 3.8) is 0 Å². The first-order valence-electron chi connectivity index (χ1n) is 14.0. The molecule has 5 aromatic rings. The molecular formula is C33H34N4O3S. The Morgan fingerprint density at radius 3 is 2.32 bits per heavy atom. The number of fused-ring (bicyclic) bond motifs is 1. The van der Waals surface area contributed by atoms with Crippen LogP contribution in [0.15, 0.2) is 106 Å². The van der Waals surface area contributed by atoms with Gasteiger partial charge in [0.1, 0.15) is 6.04 Å². The van der Waals surface area contributed by atoms with Crippen LogP contribution in [0, 0.1) is 0 Å². The minimum Gasteiger partial charge on any atom is -0.377 e. The maximum atomic E-state index is 14.4. The Labute approximate surface area is 241 Å². The minimum absolute atomic E-state index is 0.0109. The van der Waals surface area contributed by atoms with E-state index in [0.29, 0.717) is 41.4 Å². The van der Waals surface area contributed by atoms with Crippen LogP contribution in [0.5, 0.6) is 0 Å². The van der Waals surface area contributed by atoms with E-state index in [0.717, 1.165) is 29.5 Å². The van der Waals surface area contributed by atoms with E-state index in [4.69, 9.17) is 9.51 Å². The van der Waals surface area contributed by atoms with E-state index in [2.05, 4.69) is 29.4 Å². The normalized spacial score (nSPS) is 17.7. The summed E-state index contributed by atoms with van der Waals surface area (Å²) < 4.78 is 36.2. The lowest BCUT2D eigenvalue weighted by Gasteiger charge is -2.23. The Kier molecular flexibility index (Phi) is 7.60. The predicted molar refractivity (Wildman–Crippen MR) is 161 cm³/mol. The summed E-state index contributed by atoms with van der Waals surface area (Å²) in [5.74, 6) is 0.977. The van der Waals surface area contributed by atoms with Crippen molar-refractivity contribution in [2.45, 2.75) is 42.5 Å². The molecule has 6 rings (SSSR count). The van der Waals surface area contributed by atoms with Gasteiger partial charge in [0.05, 0.1) is 4.90 Å². The highest BCUT2D eigenvalue weighted by atomic mass is 32.2. The van der Waals surface area contributed by atoms with Gasteiger partial charge in [0.2, 0.25) is 15.9 Å². The molecule has 0 N–H and O–H groups in total. The molecule has 8 heteroatoms. The van der Waals surface area contributed by atoms with E-state index in [-0.39, 0.29) is 5.92 Å². The maximum absolute atomic E-state index is 14.4. The van der Waals surface area contributed by atoms with Gasteiger partial charge in [-0.2, -0.15) is 9.29 Å². The van der Waals surface area contributed by atoms with Crippen molar-refractivity contribution < 1.29 is 12.9 Å². The van der Waals surface area contributed by atoms with Crippen LogP contribution in [0.4, 0.5) is 5.69 Å². The first-order chi connectivity index (χ1) is 19.9. The molecule has 41 heavy (non-hydrogen) atoms. The lowest BCUT2D eigenvalue weighted by Crippen LogP contribution is -2.31. The fourth-order valence-electron chi connectivity index (χ4n) is 5.87. The quantitative estimate of drug-likeness (QED) is 0.206. The summed E-state index contributed by atoms with van der Waals surface area (Å²) in [6.07, 6.45) is 3.03. The summed E-state index contributed by atoms with van der Waals surface area (Å²) in [5.41, 5.74) is 3.34.